The van der Waals surface area contributed by atoms with Crippen LogP contribution in [0.2, 0.25) is 0 Å². The summed E-state index contributed by atoms with van der Waals surface area (Å²) in [7, 11) is 0. The summed E-state index contributed by atoms with van der Waals surface area (Å²) < 4.78 is 13.4. The van der Waals surface area contributed by atoms with Gasteiger partial charge >= 0.3 is 0 Å². The Balaban J connectivity index is 2.63. The molecule has 1 aliphatic rings. The van der Waals surface area contributed by atoms with Gasteiger partial charge in [-0.3, -0.25) is 0 Å². The molecule has 13 heavy (non-hydrogen) atoms. The van der Waals surface area contributed by atoms with E-state index >= 15 is 0 Å². The minimum atomic E-state index is -0.442. The lowest BCUT2D eigenvalue weighted by molar-refractivity contribution is 0.423. The number of halogens is 1. The fraction of sp³-hybridized carbons (Fsp3) is 0.400. The Bertz CT molecular complexity index is 349. The molecule has 1 aliphatic heterocycles. The quantitative estimate of drug-likeness (QED) is 0.635. The van der Waals surface area contributed by atoms with Gasteiger partial charge in [-0.2, -0.15) is 0 Å². The van der Waals surface area contributed by atoms with Crippen LogP contribution in [0.5, 0.6) is 5.75 Å². The van der Waals surface area contributed by atoms with Crippen molar-refractivity contribution in [3.05, 3.63) is 28.6 Å². The van der Waals surface area contributed by atoms with Gasteiger partial charge in [0.2, 0.25) is 0 Å². The number of rotatable bonds is 0. The first-order valence-corrected chi connectivity index (χ1v) is 4.40. The van der Waals surface area contributed by atoms with E-state index in [9.17, 15) is 9.50 Å². The number of hydrogen-bond acceptors (Lipinski definition) is 2. The van der Waals surface area contributed by atoms with Gasteiger partial charge in [0.1, 0.15) is 0 Å². The largest absolute Gasteiger partial charge is 0.505 e. The van der Waals surface area contributed by atoms with Crippen LogP contribution in [0.1, 0.15) is 16.7 Å². The molecule has 1 aromatic carbocycles. The first-order chi connectivity index (χ1) is 6.20. The SMILES string of the molecule is Cc1cc(O)c(F)c2c1CNCC2. The van der Waals surface area contributed by atoms with E-state index in [1.807, 2.05) is 6.92 Å². The molecule has 1 heterocycles. The molecule has 70 valence electrons. The van der Waals surface area contributed by atoms with E-state index in [-0.39, 0.29) is 5.75 Å². The van der Waals surface area contributed by atoms with Crippen LogP contribution in [0.3, 0.4) is 0 Å². The zero-order valence-corrected chi connectivity index (χ0v) is 7.52. The molecular weight excluding hydrogens is 169 g/mol. The smallest absolute Gasteiger partial charge is 0.168 e. The highest BCUT2D eigenvalue weighted by Gasteiger charge is 2.18. The van der Waals surface area contributed by atoms with Crippen LogP contribution in [-0.4, -0.2) is 11.7 Å². The molecule has 0 bridgehead atoms. The predicted molar refractivity (Wildman–Crippen MR) is 48.2 cm³/mol. The van der Waals surface area contributed by atoms with E-state index in [1.54, 1.807) is 0 Å². The van der Waals surface area contributed by atoms with Crippen LogP contribution in [0.4, 0.5) is 4.39 Å². The fourth-order valence-electron chi connectivity index (χ4n) is 1.81. The molecule has 0 spiro atoms. The number of phenols is 1. The number of aryl methyl sites for hydroxylation is 1. The molecule has 0 amide bonds. The first kappa shape index (κ1) is 8.51. The summed E-state index contributed by atoms with van der Waals surface area (Å²) in [5, 5.41) is 12.4. The number of benzene rings is 1. The maximum Gasteiger partial charge on any atom is 0.168 e. The maximum atomic E-state index is 13.4. The summed E-state index contributed by atoms with van der Waals surface area (Å²) in [6.45, 7) is 3.39. The van der Waals surface area contributed by atoms with Crippen molar-refractivity contribution < 1.29 is 9.50 Å². The van der Waals surface area contributed by atoms with Crippen molar-refractivity contribution in [2.45, 2.75) is 19.9 Å². The lowest BCUT2D eigenvalue weighted by Crippen LogP contribution is -2.25. The molecule has 2 nitrogen and oxygen atoms in total. The van der Waals surface area contributed by atoms with Crippen LogP contribution >= 0.6 is 0 Å². The van der Waals surface area contributed by atoms with Crippen LogP contribution in [-0.2, 0) is 13.0 Å². The molecule has 0 atom stereocenters. The van der Waals surface area contributed by atoms with Crippen molar-refractivity contribution in [3.8, 4) is 5.75 Å². The van der Waals surface area contributed by atoms with Gasteiger partial charge in [-0.1, -0.05) is 0 Å². The molecule has 0 saturated heterocycles. The number of aromatic hydroxyl groups is 1. The number of phenolic OH excluding ortho intramolecular Hbond substituents is 1. The van der Waals surface area contributed by atoms with E-state index in [0.717, 1.165) is 17.7 Å². The maximum absolute atomic E-state index is 13.4. The predicted octanol–water partition coefficient (Wildman–Crippen LogP) is 1.49. The average molecular weight is 181 g/mol. The van der Waals surface area contributed by atoms with Crippen LogP contribution in [0.25, 0.3) is 0 Å². The Hall–Kier alpha value is -1.09. The molecule has 3 heteroatoms. The second-order valence-corrected chi connectivity index (χ2v) is 3.41. The Morgan fingerprint density at radius 1 is 1.46 bits per heavy atom. The summed E-state index contributed by atoms with van der Waals surface area (Å²) in [6, 6.07) is 1.49. The molecule has 0 radical (unpaired) electrons. The van der Waals surface area contributed by atoms with Crippen LogP contribution in [0.15, 0.2) is 6.07 Å². The Labute approximate surface area is 76.4 Å². The number of hydrogen-bond donors (Lipinski definition) is 2. The highest BCUT2D eigenvalue weighted by molar-refractivity contribution is 5.43. The normalized spacial score (nSPS) is 15.5. The van der Waals surface area contributed by atoms with E-state index in [4.69, 9.17) is 0 Å². The van der Waals surface area contributed by atoms with Crippen LogP contribution < -0.4 is 5.32 Å². The lowest BCUT2D eigenvalue weighted by Gasteiger charge is -2.20. The Morgan fingerprint density at radius 3 is 3.00 bits per heavy atom. The van der Waals surface area contributed by atoms with Gasteiger partial charge in [-0.05, 0) is 42.6 Å². The van der Waals surface area contributed by atoms with Gasteiger partial charge in [0.25, 0.3) is 0 Å². The zero-order valence-electron chi connectivity index (χ0n) is 7.52. The highest BCUT2D eigenvalue weighted by Crippen LogP contribution is 2.28. The van der Waals surface area contributed by atoms with Gasteiger partial charge in [0.15, 0.2) is 11.6 Å². The second-order valence-electron chi connectivity index (χ2n) is 3.41. The molecular formula is C10H12FNO. The highest BCUT2D eigenvalue weighted by atomic mass is 19.1. The first-order valence-electron chi connectivity index (χ1n) is 4.40. The topological polar surface area (TPSA) is 32.3 Å². The third kappa shape index (κ3) is 1.29. The van der Waals surface area contributed by atoms with Crippen molar-refractivity contribution in [1.82, 2.24) is 5.32 Å². The Kier molecular flexibility index (Phi) is 1.96. The molecule has 0 aromatic heterocycles. The lowest BCUT2D eigenvalue weighted by atomic mass is 9.95. The van der Waals surface area contributed by atoms with E-state index in [2.05, 4.69) is 5.32 Å². The van der Waals surface area contributed by atoms with Crippen molar-refractivity contribution >= 4 is 0 Å². The molecule has 0 fully saturated rings. The van der Waals surface area contributed by atoms with E-state index < -0.39 is 5.82 Å². The van der Waals surface area contributed by atoms with Crippen molar-refractivity contribution in [2.75, 3.05) is 6.54 Å². The van der Waals surface area contributed by atoms with Gasteiger partial charge in [0, 0.05) is 6.54 Å². The zero-order chi connectivity index (χ0) is 9.42. The van der Waals surface area contributed by atoms with Gasteiger partial charge in [-0.25, -0.2) is 4.39 Å². The molecule has 1 aromatic rings. The monoisotopic (exact) mass is 181 g/mol. The van der Waals surface area contributed by atoms with Crippen molar-refractivity contribution in [3.63, 3.8) is 0 Å². The third-order valence-electron chi connectivity index (χ3n) is 2.54. The summed E-state index contributed by atoms with van der Waals surface area (Å²) >= 11 is 0. The van der Waals surface area contributed by atoms with E-state index in [1.165, 1.54) is 6.07 Å². The summed E-state index contributed by atoms with van der Waals surface area (Å²) in [5.41, 5.74) is 2.64. The fourth-order valence-corrected chi connectivity index (χ4v) is 1.81. The molecule has 0 unspecified atom stereocenters. The summed E-state index contributed by atoms with van der Waals surface area (Å²) in [5.74, 6) is -0.666. The standard InChI is InChI=1S/C10H12FNO/c1-6-4-9(13)10(11)7-2-3-12-5-8(6)7/h4,12-13H,2-3,5H2,1H3. The van der Waals surface area contributed by atoms with E-state index in [0.29, 0.717) is 18.5 Å². The van der Waals surface area contributed by atoms with Gasteiger partial charge in [0.05, 0.1) is 0 Å². The van der Waals surface area contributed by atoms with Crippen molar-refractivity contribution in [2.24, 2.45) is 0 Å². The van der Waals surface area contributed by atoms with Crippen LogP contribution in [0, 0.1) is 12.7 Å². The summed E-state index contributed by atoms with van der Waals surface area (Å²) in [4.78, 5) is 0. The number of nitrogens with one attached hydrogen (secondary N) is 1. The molecule has 2 rings (SSSR count). The second kappa shape index (κ2) is 3.00. The minimum absolute atomic E-state index is 0.224. The molecule has 0 saturated carbocycles. The van der Waals surface area contributed by atoms with Gasteiger partial charge < -0.3 is 10.4 Å². The van der Waals surface area contributed by atoms with Crippen molar-refractivity contribution in [1.29, 1.82) is 0 Å². The average Bonchev–Trinajstić information content (AvgIpc) is 2.15. The molecule has 2 N–H and O–H groups in total. The molecule has 0 aliphatic carbocycles. The third-order valence-corrected chi connectivity index (χ3v) is 2.54. The summed E-state index contributed by atoms with van der Waals surface area (Å²) in [6.07, 6.45) is 0.663. The Morgan fingerprint density at radius 2 is 2.23 bits per heavy atom. The number of fused-ring (bicyclic) bond motifs is 1. The minimum Gasteiger partial charge on any atom is -0.505 e. The van der Waals surface area contributed by atoms with Gasteiger partial charge in [-0.15, -0.1) is 0 Å².